The monoisotopic (exact) mass is 374 g/mol. The number of amides is 1. The third kappa shape index (κ3) is 4.69. The summed E-state index contributed by atoms with van der Waals surface area (Å²) >= 11 is 1.54. The van der Waals surface area contributed by atoms with Gasteiger partial charge in [0.05, 0.1) is 23.0 Å². The molecular formula is C18H22N4O3S. The van der Waals surface area contributed by atoms with E-state index in [9.17, 15) is 9.90 Å². The van der Waals surface area contributed by atoms with E-state index in [-0.39, 0.29) is 11.8 Å². The molecule has 1 saturated heterocycles. The first-order valence-corrected chi connectivity index (χ1v) is 9.64. The Labute approximate surface area is 156 Å². The van der Waals surface area contributed by atoms with Crippen molar-refractivity contribution >= 4 is 17.2 Å². The predicted molar refractivity (Wildman–Crippen MR) is 97.6 cm³/mol. The zero-order valence-corrected chi connectivity index (χ0v) is 15.2. The number of unbranched alkanes of at least 4 members (excludes halogenated alkanes) is 2. The summed E-state index contributed by atoms with van der Waals surface area (Å²) < 4.78 is 5.21. The number of aromatic nitrogens is 1. The molecule has 2 aromatic heterocycles. The van der Waals surface area contributed by atoms with Crippen LogP contribution in [0.25, 0.3) is 10.6 Å². The number of nitriles is 1. The van der Waals surface area contributed by atoms with Crippen LogP contribution in [0.1, 0.15) is 29.8 Å². The average molecular weight is 374 g/mol. The zero-order valence-electron chi connectivity index (χ0n) is 14.4. The van der Waals surface area contributed by atoms with Crippen molar-refractivity contribution in [3.05, 3.63) is 29.3 Å². The van der Waals surface area contributed by atoms with Gasteiger partial charge in [-0.3, -0.25) is 9.69 Å². The van der Waals surface area contributed by atoms with Crippen LogP contribution in [0.3, 0.4) is 0 Å². The van der Waals surface area contributed by atoms with Crippen LogP contribution < -0.4 is 5.32 Å². The molecule has 1 aliphatic rings. The Hall–Kier alpha value is -2.21. The molecule has 0 aliphatic carbocycles. The van der Waals surface area contributed by atoms with E-state index in [2.05, 4.69) is 21.4 Å². The molecule has 8 heteroatoms. The van der Waals surface area contributed by atoms with Gasteiger partial charge < -0.3 is 14.9 Å². The van der Waals surface area contributed by atoms with E-state index in [0.29, 0.717) is 31.1 Å². The van der Waals surface area contributed by atoms with Gasteiger partial charge in [-0.15, -0.1) is 11.3 Å². The largest absolute Gasteiger partial charge is 0.390 e. The van der Waals surface area contributed by atoms with Crippen LogP contribution in [0, 0.1) is 17.2 Å². The maximum atomic E-state index is 12.1. The quantitative estimate of drug-likeness (QED) is 0.686. The van der Waals surface area contributed by atoms with E-state index in [1.54, 1.807) is 6.07 Å². The first-order chi connectivity index (χ1) is 12.7. The lowest BCUT2D eigenvalue weighted by Gasteiger charge is -2.14. The predicted octanol–water partition coefficient (Wildman–Crippen LogP) is 2.12. The van der Waals surface area contributed by atoms with Gasteiger partial charge in [0.25, 0.3) is 5.91 Å². The van der Waals surface area contributed by atoms with E-state index >= 15 is 0 Å². The Morgan fingerprint density at radius 3 is 3.08 bits per heavy atom. The number of nitrogens with zero attached hydrogens (tertiary/aromatic N) is 3. The molecule has 138 valence electrons. The number of carbonyl (C=O) groups is 1. The van der Waals surface area contributed by atoms with Crippen molar-refractivity contribution in [2.45, 2.75) is 25.4 Å². The first-order valence-electron chi connectivity index (χ1n) is 8.76. The van der Waals surface area contributed by atoms with Crippen LogP contribution in [-0.4, -0.2) is 53.4 Å². The highest BCUT2D eigenvalue weighted by atomic mass is 32.1. The summed E-state index contributed by atoms with van der Waals surface area (Å²) in [5.41, 5.74) is 0.294. The third-order valence-electron chi connectivity index (χ3n) is 4.47. The lowest BCUT2D eigenvalue weighted by molar-refractivity contribution is 0.0943. The van der Waals surface area contributed by atoms with Gasteiger partial charge in [0.15, 0.2) is 11.5 Å². The molecule has 0 radical (unpaired) electrons. The number of hydrogen-bond donors (Lipinski definition) is 2. The van der Waals surface area contributed by atoms with E-state index in [1.165, 1.54) is 11.3 Å². The summed E-state index contributed by atoms with van der Waals surface area (Å²) in [6, 6.07) is 7.64. The molecule has 1 amide bonds. The number of β-amino-alcohol motifs (C(OH)–C–C–N with tert-alkyl or cyclic N) is 1. The molecule has 7 nitrogen and oxygen atoms in total. The highest BCUT2D eigenvalue weighted by molar-refractivity contribution is 7.13. The van der Waals surface area contributed by atoms with Gasteiger partial charge >= 0.3 is 0 Å². The minimum atomic E-state index is -0.527. The number of aliphatic hydroxyl groups is 1. The second-order valence-electron chi connectivity index (χ2n) is 6.43. The fourth-order valence-corrected chi connectivity index (χ4v) is 3.70. The zero-order chi connectivity index (χ0) is 18.4. The maximum absolute atomic E-state index is 12.1. The average Bonchev–Trinajstić information content (AvgIpc) is 3.37. The van der Waals surface area contributed by atoms with E-state index in [1.807, 2.05) is 17.5 Å². The molecule has 0 spiro atoms. The van der Waals surface area contributed by atoms with Crippen LogP contribution in [0.2, 0.25) is 0 Å². The molecule has 0 saturated carbocycles. The molecule has 3 heterocycles. The van der Waals surface area contributed by atoms with Crippen LogP contribution in [-0.2, 0) is 0 Å². The van der Waals surface area contributed by atoms with Crippen molar-refractivity contribution in [2.24, 2.45) is 5.92 Å². The molecule has 2 N–H and O–H groups in total. The molecule has 0 unspecified atom stereocenters. The number of likely N-dealkylation sites (tertiary alicyclic amines) is 1. The van der Waals surface area contributed by atoms with E-state index < -0.39 is 6.10 Å². The summed E-state index contributed by atoms with van der Waals surface area (Å²) in [4.78, 5) is 15.1. The second kappa shape index (κ2) is 8.94. The topological polar surface area (TPSA) is 102 Å². The number of nitrogens with one attached hydrogen (secondary N) is 1. The van der Waals surface area contributed by atoms with Gasteiger partial charge in [-0.2, -0.15) is 5.26 Å². The Morgan fingerprint density at radius 2 is 2.35 bits per heavy atom. The van der Waals surface area contributed by atoms with Gasteiger partial charge in [0.2, 0.25) is 0 Å². The molecule has 2 atom stereocenters. The van der Waals surface area contributed by atoms with Gasteiger partial charge in [-0.25, -0.2) is 0 Å². The van der Waals surface area contributed by atoms with E-state index in [4.69, 9.17) is 9.78 Å². The van der Waals surface area contributed by atoms with Crippen molar-refractivity contribution in [1.82, 2.24) is 15.4 Å². The number of aliphatic hydroxyl groups excluding tert-OH is 1. The first kappa shape index (κ1) is 18.6. The number of rotatable bonds is 8. The summed E-state index contributed by atoms with van der Waals surface area (Å²) in [5.74, 6) is 0.112. The molecular weight excluding hydrogens is 352 g/mol. The van der Waals surface area contributed by atoms with Crippen molar-refractivity contribution in [2.75, 3.05) is 26.2 Å². The number of hydrogen-bond acceptors (Lipinski definition) is 7. The van der Waals surface area contributed by atoms with Crippen molar-refractivity contribution in [1.29, 1.82) is 5.26 Å². The molecule has 1 fully saturated rings. The molecule has 0 bridgehead atoms. The fraction of sp³-hybridized carbons (Fsp3) is 0.500. The molecule has 3 rings (SSSR count). The second-order valence-corrected chi connectivity index (χ2v) is 7.38. The van der Waals surface area contributed by atoms with Gasteiger partial charge in [-0.05, 0) is 30.8 Å². The minimum absolute atomic E-state index is 0.226. The summed E-state index contributed by atoms with van der Waals surface area (Å²) in [6.45, 7) is 2.68. The standard InChI is InChI=1S/C18H22N4O3S/c19-10-13-11-22(12-15(13)23)7-3-1-2-6-20-18(24)14-9-16(25-21-14)17-5-4-8-26-17/h4-5,8-9,13,15,23H,1-3,6-7,11-12H2,(H,20,24)/t13-,15-/m1/s1. The summed E-state index contributed by atoms with van der Waals surface area (Å²) in [5, 5.41) is 27.2. The van der Waals surface area contributed by atoms with Crippen molar-refractivity contribution < 1.29 is 14.4 Å². The molecule has 0 aromatic carbocycles. The third-order valence-corrected chi connectivity index (χ3v) is 5.36. The van der Waals surface area contributed by atoms with Crippen LogP contribution in [0.15, 0.2) is 28.1 Å². The molecule has 1 aliphatic heterocycles. The summed E-state index contributed by atoms with van der Waals surface area (Å²) in [7, 11) is 0. The Kier molecular flexibility index (Phi) is 6.39. The molecule has 26 heavy (non-hydrogen) atoms. The summed E-state index contributed by atoms with van der Waals surface area (Å²) in [6.07, 6.45) is 2.30. The van der Waals surface area contributed by atoms with Gasteiger partial charge in [0.1, 0.15) is 0 Å². The highest BCUT2D eigenvalue weighted by Gasteiger charge is 2.30. The van der Waals surface area contributed by atoms with Gasteiger partial charge in [-0.1, -0.05) is 17.6 Å². The Bertz CT molecular complexity index is 753. The number of carbonyl (C=O) groups excluding carboxylic acids is 1. The lowest BCUT2D eigenvalue weighted by atomic mass is 10.1. The SMILES string of the molecule is N#C[C@@H]1CN(CCCCCNC(=O)c2cc(-c3cccs3)on2)C[C@H]1O. The molecule has 2 aromatic rings. The lowest BCUT2D eigenvalue weighted by Crippen LogP contribution is -2.25. The normalized spacial score (nSPS) is 20.2. The van der Waals surface area contributed by atoms with Crippen LogP contribution >= 0.6 is 11.3 Å². The maximum Gasteiger partial charge on any atom is 0.273 e. The van der Waals surface area contributed by atoms with Gasteiger partial charge in [0, 0.05) is 25.7 Å². The Morgan fingerprint density at radius 1 is 1.46 bits per heavy atom. The van der Waals surface area contributed by atoms with Crippen molar-refractivity contribution in [3.8, 4) is 16.7 Å². The smallest absolute Gasteiger partial charge is 0.273 e. The van der Waals surface area contributed by atoms with Crippen LogP contribution in [0.5, 0.6) is 0 Å². The van der Waals surface area contributed by atoms with E-state index in [0.717, 1.165) is 30.7 Å². The van der Waals surface area contributed by atoms with Crippen LogP contribution in [0.4, 0.5) is 0 Å². The fourth-order valence-electron chi connectivity index (χ4n) is 3.02. The Balaban J connectivity index is 1.31. The van der Waals surface area contributed by atoms with Crippen molar-refractivity contribution in [3.63, 3.8) is 0 Å². The number of thiophene rings is 1. The minimum Gasteiger partial charge on any atom is -0.390 e. The highest BCUT2D eigenvalue weighted by Crippen LogP contribution is 2.25.